The van der Waals surface area contributed by atoms with Gasteiger partial charge in [-0.15, -0.1) is 0 Å². The Hall–Kier alpha value is -1.57. The molecule has 3 nitrogen and oxygen atoms in total. The van der Waals surface area contributed by atoms with Crippen LogP contribution in [-0.4, -0.2) is 29.2 Å². The first-order chi connectivity index (χ1) is 14.6. The minimum atomic E-state index is -4.44. The molecule has 0 saturated carbocycles. The summed E-state index contributed by atoms with van der Waals surface area (Å²) in [5, 5.41) is 3.68. The van der Waals surface area contributed by atoms with Crippen molar-refractivity contribution in [3.63, 3.8) is 0 Å². The van der Waals surface area contributed by atoms with Crippen molar-refractivity contribution < 1.29 is 13.2 Å². The number of aromatic nitrogens is 1. The molecule has 1 N–H and O–H groups in total. The lowest BCUT2D eigenvalue weighted by molar-refractivity contribution is -0.184. The van der Waals surface area contributed by atoms with Gasteiger partial charge in [0, 0.05) is 23.1 Å². The fourth-order valence-electron chi connectivity index (χ4n) is 4.71. The molecule has 4 rings (SSSR count). The number of thiocarbonyl (C=S) groups is 1. The Morgan fingerprint density at radius 1 is 1.23 bits per heavy atom. The second-order valence-electron chi connectivity index (χ2n) is 8.29. The number of aryl methyl sites for hydroxylation is 1. The van der Waals surface area contributed by atoms with E-state index in [-0.39, 0.29) is 41.2 Å². The second-order valence-corrected chi connectivity index (χ2v) is 9.78. The second kappa shape index (κ2) is 8.41. The van der Waals surface area contributed by atoms with Gasteiger partial charge in [0.1, 0.15) is 5.41 Å². The van der Waals surface area contributed by atoms with Crippen LogP contribution < -0.4 is 10.2 Å². The van der Waals surface area contributed by atoms with E-state index in [4.69, 9.17) is 35.4 Å². The highest BCUT2D eigenvalue weighted by atomic mass is 35.5. The van der Waals surface area contributed by atoms with Crippen LogP contribution in [0.3, 0.4) is 0 Å². The summed E-state index contributed by atoms with van der Waals surface area (Å²) in [5.41, 5.74) is 0.773. The van der Waals surface area contributed by atoms with Crippen LogP contribution in [0.2, 0.25) is 10.0 Å². The first-order valence-electron chi connectivity index (χ1n) is 10.1. The molecule has 0 radical (unpaired) electrons. The number of fused-ring (bicyclic) bond motifs is 1. The first-order valence-corrected chi connectivity index (χ1v) is 11.3. The summed E-state index contributed by atoms with van der Waals surface area (Å²) in [7, 11) is 0. The Kier molecular flexibility index (Phi) is 6.14. The molecule has 1 aromatic heterocycles. The van der Waals surface area contributed by atoms with Gasteiger partial charge in [-0.2, -0.15) is 13.2 Å². The van der Waals surface area contributed by atoms with Crippen LogP contribution in [0.1, 0.15) is 49.0 Å². The Morgan fingerprint density at radius 2 is 1.94 bits per heavy atom. The Balaban J connectivity index is 1.66. The van der Waals surface area contributed by atoms with Crippen molar-refractivity contribution in [2.75, 3.05) is 18.0 Å². The van der Waals surface area contributed by atoms with Crippen molar-refractivity contribution in [1.29, 1.82) is 0 Å². The first kappa shape index (κ1) is 22.6. The highest BCUT2D eigenvalue weighted by Crippen LogP contribution is 2.49. The average Bonchev–Trinajstić information content (AvgIpc) is 3.13. The van der Waals surface area contributed by atoms with Crippen LogP contribution >= 0.6 is 35.4 Å². The van der Waals surface area contributed by atoms with Crippen molar-refractivity contribution in [2.24, 2.45) is 0 Å². The molecule has 2 aliphatic rings. The van der Waals surface area contributed by atoms with Crippen molar-refractivity contribution in [2.45, 2.75) is 50.2 Å². The van der Waals surface area contributed by atoms with Gasteiger partial charge in [0.2, 0.25) is 0 Å². The van der Waals surface area contributed by atoms with E-state index < -0.39 is 11.6 Å². The number of anilines is 1. The maximum absolute atomic E-state index is 14.4. The standard InChI is InChI=1S/C22H22Cl2F3N3S/c1-13(31)29-19-4-2-3-14-7-18(11-28-20(14)19)30-6-5-21(12-30,22(25,26)27)15-8-16(23)10-17(24)9-15/h7-11,19H,2-6,12H2,1H3,(H,29,31). The Morgan fingerprint density at radius 3 is 2.58 bits per heavy atom. The molecule has 0 amide bonds. The lowest BCUT2D eigenvalue weighted by Crippen LogP contribution is -2.45. The van der Waals surface area contributed by atoms with Crippen LogP contribution in [0.25, 0.3) is 0 Å². The van der Waals surface area contributed by atoms with Gasteiger partial charge in [-0.1, -0.05) is 35.4 Å². The predicted octanol–water partition coefficient (Wildman–Crippen LogP) is 6.41. The van der Waals surface area contributed by atoms with Crippen LogP contribution in [0.5, 0.6) is 0 Å². The highest BCUT2D eigenvalue weighted by molar-refractivity contribution is 7.80. The largest absolute Gasteiger partial charge is 0.400 e. The monoisotopic (exact) mass is 487 g/mol. The average molecular weight is 488 g/mol. The molecular weight excluding hydrogens is 466 g/mol. The molecule has 166 valence electrons. The summed E-state index contributed by atoms with van der Waals surface area (Å²) in [4.78, 5) is 7.09. The third kappa shape index (κ3) is 4.37. The molecule has 9 heteroatoms. The van der Waals surface area contributed by atoms with Crippen LogP contribution in [-0.2, 0) is 11.8 Å². The molecule has 1 aliphatic carbocycles. The molecule has 31 heavy (non-hydrogen) atoms. The van der Waals surface area contributed by atoms with Crippen LogP contribution in [0.15, 0.2) is 30.5 Å². The molecule has 2 aromatic rings. The van der Waals surface area contributed by atoms with Crippen molar-refractivity contribution in [3.05, 3.63) is 57.3 Å². The molecular formula is C22H22Cl2F3N3S. The Labute approximate surface area is 194 Å². The number of rotatable bonds is 3. The minimum absolute atomic E-state index is 0.0525. The number of hydrogen-bond donors (Lipinski definition) is 1. The van der Waals surface area contributed by atoms with Crippen LogP contribution in [0, 0.1) is 0 Å². The van der Waals surface area contributed by atoms with Gasteiger partial charge in [0.05, 0.1) is 28.6 Å². The number of pyridine rings is 1. The predicted molar refractivity (Wildman–Crippen MR) is 122 cm³/mol. The molecule has 1 saturated heterocycles. The smallest absolute Gasteiger partial charge is 0.371 e. The molecule has 2 heterocycles. The minimum Gasteiger partial charge on any atom is -0.371 e. The van der Waals surface area contributed by atoms with Gasteiger partial charge in [-0.3, -0.25) is 4.98 Å². The number of nitrogens with zero attached hydrogens (tertiary/aromatic N) is 2. The number of halogens is 5. The zero-order valence-corrected chi connectivity index (χ0v) is 19.2. The maximum atomic E-state index is 14.4. The quantitative estimate of drug-likeness (QED) is 0.506. The topological polar surface area (TPSA) is 28.2 Å². The lowest BCUT2D eigenvalue weighted by atomic mass is 9.79. The number of hydrogen-bond acceptors (Lipinski definition) is 3. The zero-order chi connectivity index (χ0) is 22.4. The summed E-state index contributed by atoms with van der Waals surface area (Å²) in [6.07, 6.45) is -0.0701. The summed E-state index contributed by atoms with van der Waals surface area (Å²) >= 11 is 17.2. The van der Waals surface area contributed by atoms with E-state index in [1.54, 1.807) is 11.1 Å². The maximum Gasteiger partial charge on any atom is 0.400 e. The van der Waals surface area contributed by atoms with Gasteiger partial charge in [-0.25, -0.2) is 0 Å². The lowest BCUT2D eigenvalue weighted by Gasteiger charge is -2.33. The summed E-state index contributed by atoms with van der Waals surface area (Å²) in [6.45, 7) is 1.90. The molecule has 0 spiro atoms. The van der Waals surface area contributed by atoms with Gasteiger partial charge in [-0.05, 0) is 68.0 Å². The fourth-order valence-corrected chi connectivity index (χ4v) is 5.37. The summed E-state index contributed by atoms with van der Waals surface area (Å²) in [6, 6.07) is 6.23. The third-order valence-electron chi connectivity index (χ3n) is 6.23. The van der Waals surface area contributed by atoms with Gasteiger partial charge >= 0.3 is 6.18 Å². The number of alkyl halides is 3. The molecule has 1 fully saturated rings. The van der Waals surface area contributed by atoms with E-state index in [0.717, 1.165) is 30.5 Å². The third-order valence-corrected chi connectivity index (χ3v) is 6.78. The normalized spacial score (nSPS) is 23.5. The number of nitrogens with one attached hydrogen (secondary N) is 1. The number of benzene rings is 1. The van der Waals surface area contributed by atoms with E-state index in [1.807, 2.05) is 13.0 Å². The SMILES string of the molecule is CC(=S)NC1CCCc2cc(N3CCC(c4cc(Cl)cc(Cl)c4)(C(F)(F)F)C3)cnc21. The fraction of sp³-hybridized carbons (Fsp3) is 0.455. The molecule has 1 aromatic carbocycles. The van der Waals surface area contributed by atoms with E-state index in [9.17, 15) is 13.2 Å². The molecule has 0 bridgehead atoms. The van der Waals surface area contributed by atoms with Crippen molar-refractivity contribution in [3.8, 4) is 0 Å². The zero-order valence-electron chi connectivity index (χ0n) is 16.9. The van der Waals surface area contributed by atoms with Gasteiger partial charge < -0.3 is 10.2 Å². The van der Waals surface area contributed by atoms with E-state index in [2.05, 4.69) is 10.3 Å². The van der Waals surface area contributed by atoms with Crippen molar-refractivity contribution >= 4 is 46.1 Å². The van der Waals surface area contributed by atoms with E-state index in [1.165, 1.54) is 18.2 Å². The Bertz CT molecular complexity index is 994. The van der Waals surface area contributed by atoms with Crippen LogP contribution in [0.4, 0.5) is 18.9 Å². The van der Waals surface area contributed by atoms with Gasteiger partial charge in [0.25, 0.3) is 0 Å². The summed E-state index contributed by atoms with van der Waals surface area (Å²) in [5.74, 6) is 0. The van der Waals surface area contributed by atoms with E-state index in [0.29, 0.717) is 10.7 Å². The molecule has 2 unspecified atom stereocenters. The highest BCUT2D eigenvalue weighted by Gasteiger charge is 2.59. The van der Waals surface area contributed by atoms with Crippen molar-refractivity contribution in [1.82, 2.24) is 10.3 Å². The van der Waals surface area contributed by atoms with E-state index >= 15 is 0 Å². The molecule has 2 atom stereocenters. The molecule has 1 aliphatic heterocycles. The van der Waals surface area contributed by atoms with Gasteiger partial charge in [0.15, 0.2) is 0 Å². The summed E-state index contributed by atoms with van der Waals surface area (Å²) < 4.78 is 43.1.